The molecule has 1 aromatic rings. The lowest BCUT2D eigenvalue weighted by atomic mass is 9.62. The van der Waals surface area contributed by atoms with Crippen LogP contribution < -0.4 is 5.73 Å². The molecule has 0 saturated heterocycles. The number of carbonyl (C=O) groups excluding carboxylic acids is 1. The van der Waals surface area contributed by atoms with Gasteiger partial charge in [0, 0.05) is 19.6 Å². The van der Waals surface area contributed by atoms with Crippen molar-refractivity contribution in [2.75, 3.05) is 13.1 Å². The lowest BCUT2D eigenvalue weighted by molar-refractivity contribution is -0.150. The van der Waals surface area contributed by atoms with Crippen molar-refractivity contribution in [3.05, 3.63) is 35.9 Å². The first-order valence-corrected chi connectivity index (χ1v) is 7.14. The number of hydrogen-bond donors (Lipinski definition) is 1. The number of nitrogens with zero attached hydrogens (tertiary/aromatic N) is 1. The average molecular weight is 260 g/mol. The maximum Gasteiger partial charge on any atom is 0.230 e. The van der Waals surface area contributed by atoms with Gasteiger partial charge in [-0.15, -0.1) is 0 Å². The number of carbonyl (C=O) groups is 1. The molecule has 2 N–H and O–H groups in total. The zero-order chi connectivity index (χ0) is 13.9. The minimum Gasteiger partial charge on any atom is -0.338 e. The van der Waals surface area contributed by atoms with Gasteiger partial charge in [-0.25, -0.2) is 0 Å². The number of rotatable bonds is 5. The number of amides is 1. The van der Waals surface area contributed by atoms with Crippen LogP contribution in [0.25, 0.3) is 0 Å². The highest BCUT2D eigenvalue weighted by Gasteiger charge is 2.48. The summed E-state index contributed by atoms with van der Waals surface area (Å²) in [6, 6.07) is 10.1. The third kappa shape index (κ3) is 2.81. The molecule has 1 fully saturated rings. The standard InChI is InChI=1S/C16H24N2O/c1-3-18(11-14-7-5-4-6-8-14)15(19)16(12-17)9-13(2)10-16/h4-8,13H,3,9-12,17H2,1-2H3. The lowest BCUT2D eigenvalue weighted by Crippen LogP contribution is -2.54. The fourth-order valence-corrected chi connectivity index (χ4v) is 3.17. The van der Waals surface area contributed by atoms with Crippen LogP contribution in [0, 0.1) is 11.3 Å². The van der Waals surface area contributed by atoms with Crippen LogP contribution in [-0.2, 0) is 11.3 Å². The van der Waals surface area contributed by atoms with Crippen molar-refractivity contribution in [2.24, 2.45) is 17.1 Å². The Hall–Kier alpha value is -1.35. The van der Waals surface area contributed by atoms with E-state index in [0.717, 1.165) is 19.4 Å². The number of benzene rings is 1. The molecular weight excluding hydrogens is 236 g/mol. The summed E-state index contributed by atoms with van der Waals surface area (Å²) in [5.74, 6) is 0.863. The second-order valence-corrected chi connectivity index (χ2v) is 5.80. The van der Waals surface area contributed by atoms with Gasteiger partial charge in [-0.05, 0) is 31.2 Å². The van der Waals surface area contributed by atoms with Gasteiger partial charge in [0.1, 0.15) is 0 Å². The Morgan fingerprint density at radius 1 is 1.37 bits per heavy atom. The fourth-order valence-electron chi connectivity index (χ4n) is 3.17. The third-order valence-electron chi connectivity index (χ3n) is 4.21. The van der Waals surface area contributed by atoms with Gasteiger partial charge in [-0.3, -0.25) is 4.79 Å². The van der Waals surface area contributed by atoms with Crippen LogP contribution in [0.2, 0.25) is 0 Å². The molecule has 0 atom stereocenters. The van der Waals surface area contributed by atoms with E-state index in [2.05, 4.69) is 19.1 Å². The van der Waals surface area contributed by atoms with E-state index in [4.69, 9.17) is 5.73 Å². The highest BCUT2D eigenvalue weighted by molar-refractivity contribution is 5.84. The first kappa shape index (κ1) is 14.1. The molecule has 0 bridgehead atoms. The molecule has 2 rings (SSSR count). The van der Waals surface area contributed by atoms with E-state index in [1.54, 1.807) is 0 Å². The van der Waals surface area contributed by atoms with Gasteiger partial charge in [-0.2, -0.15) is 0 Å². The summed E-state index contributed by atoms with van der Waals surface area (Å²) in [6.45, 7) is 6.12. The quantitative estimate of drug-likeness (QED) is 0.883. The first-order valence-electron chi connectivity index (χ1n) is 7.14. The molecule has 1 aromatic carbocycles. The third-order valence-corrected chi connectivity index (χ3v) is 4.21. The van der Waals surface area contributed by atoms with Crippen molar-refractivity contribution >= 4 is 5.91 Å². The Morgan fingerprint density at radius 3 is 2.47 bits per heavy atom. The average Bonchev–Trinajstić information content (AvgIpc) is 2.41. The Bertz CT molecular complexity index is 424. The summed E-state index contributed by atoms with van der Waals surface area (Å²) < 4.78 is 0. The van der Waals surface area contributed by atoms with Crippen molar-refractivity contribution in [3.63, 3.8) is 0 Å². The molecule has 3 nitrogen and oxygen atoms in total. The second-order valence-electron chi connectivity index (χ2n) is 5.80. The van der Waals surface area contributed by atoms with Crippen LogP contribution in [0.5, 0.6) is 0 Å². The van der Waals surface area contributed by atoms with Crippen LogP contribution in [0.15, 0.2) is 30.3 Å². The summed E-state index contributed by atoms with van der Waals surface area (Å²) in [5.41, 5.74) is 6.76. The molecule has 0 aromatic heterocycles. The summed E-state index contributed by atoms with van der Waals surface area (Å²) >= 11 is 0. The van der Waals surface area contributed by atoms with Crippen LogP contribution in [0.3, 0.4) is 0 Å². The molecule has 0 aliphatic heterocycles. The van der Waals surface area contributed by atoms with Crippen molar-refractivity contribution in [2.45, 2.75) is 33.2 Å². The van der Waals surface area contributed by atoms with Gasteiger partial charge >= 0.3 is 0 Å². The highest BCUT2D eigenvalue weighted by atomic mass is 16.2. The van der Waals surface area contributed by atoms with Crippen molar-refractivity contribution in [3.8, 4) is 0 Å². The van der Waals surface area contributed by atoms with Crippen LogP contribution >= 0.6 is 0 Å². The molecule has 3 heteroatoms. The summed E-state index contributed by atoms with van der Waals surface area (Å²) in [5, 5.41) is 0. The van der Waals surface area contributed by atoms with Crippen molar-refractivity contribution in [1.29, 1.82) is 0 Å². The van der Waals surface area contributed by atoms with E-state index in [1.165, 1.54) is 5.56 Å². The molecule has 0 heterocycles. The van der Waals surface area contributed by atoms with E-state index >= 15 is 0 Å². The Balaban J connectivity index is 2.07. The molecule has 1 aliphatic rings. The van der Waals surface area contributed by atoms with E-state index in [0.29, 0.717) is 19.0 Å². The van der Waals surface area contributed by atoms with Crippen molar-refractivity contribution < 1.29 is 4.79 Å². The first-order chi connectivity index (χ1) is 9.11. The molecule has 1 aliphatic carbocycles. The van der Waals surface area contributed by atoms with E-state index in [1.807, 2.05) is 30.0 Å². The van der Waals surface area contributed by atoms with Gasteiger partial charge in [0.25, 0.3) is 0 Å². The van der Waals surface area contributed by atoms with Gasteiger partial charge in [0.2, 0.25) is 5.91 Å². The summed E-state index contributed by atoms with van der Waals surface area (Å²) in [7, 11) is 0. The number of hydrogen-bond acceptors (Lipinski definition) is 2. The van der Waals surface area contributed by atoms with Crippen molar-refractivity contribution in [1.82, 2.24) is 4.90 Å². The van der Waals surface area contributed by atoms with Gasteiger partial charge < -0.3 is 10.6 Å². The monoisotopic (exact) mass is 260 g/mol. The molecule has 1 amide bonds. The predicted octanol–water partition coefficient (Wildman–Crippen LogP) is 2.41. The van der Waals surface area contributed by atoms with E-state index in [-0.39, 0.29) is 11.3 Å². The minimum absolute atomic E-state index is 0.236. The summed E-state index contributed by atoms with van der Waals surface area (Å²) in [4.78, 5) is 14.6. The molecule has 19 heavy (non-hydrogen) atoms. The Morgan fingerprint density at radius 2 is 2.00 bits per heavy atom. The normalized spacial score (nSPS) is 25.7. The fraction of sp³-hybridized carbons (Fsp3) is 0.562. The van der Waals surface area contributed by atoms with E-state index < -0.39 is 0 Å². The lowest BCUT2D eigenvalue weighted by Gasteiger charge is -2.46. The smallest absolute Gasteiger partial charge is 0.230 e. The number of nitrogens with two attached hydrogens (primary N) is 1. The largest absolute Gasteiger partial charge is 0.338 e. The molecule has 104 valence electrons. The maximum absolute atomic E-state index is 12.7. The van der Waals surface area contributed by atoms with Gasteiger partial charge in [-0.1, -0.05) is 37.3 Å². The highest BCUT2D eigenvalue weighted by Crippen LogP contribution is 2.46. The minimum atomic E-state index is -0.287. The van der Waals surface area contributed by atoms with Crippen LogP contribution in [-0.4, -0.2) is 23.9 Å². The Kier molecular flexibility index (Phi) is 4.25. The topological polar surface area (TPSA) is 46.3 Å². The van der Waals surface area contributed by atoms with Gasteiger partial charge in [0.15, 0.2) is 0 Å². The van der Waals surface area contributed by atoms with Crippen LogP contribution in [0.4, 0.5) is 0 Å². The van der Waals surface area contributed by atoms with Gasteiger partial charge in [0.05, 0.1) is 5.41 Å². The molecule has 0 radical (unpaired) electrons. The second kappa shape index (κ2) is 5.74. The predicted molar refractivity (Wildman–Crippen MR) is 77.4 cm³/mol. The van der Waals surface area contributed by atoms with Crippen LogP contribution in [0.1, 0.15) is 32.3 Å². The zero-order valence-electron chi connectivity index (χ0n) is 11.9. The Labute approximate surface area is 115 Å². The molecule has 1 saturated carbocycles. The molecule has 0 spiro atoms. The summed E-state index contributed by atoms with van der Waals surface area (Å²) in [6.07, 6.45) is 1.88. The molecule has 0 unspecified atom stereocenters. The SMILES string of the molecule is CCN(Cc1ccccc1)C(=O)C1(CN)CC(C)C1. The zero-order valence-corrected chi connectivity index (χ0v) is 11.9. The maximum atomic E-state index is 12.7. The molecular formula is C16H24N2O. The van der Waals surface area contributed by atoms with E-state index in [9.17, 15) is 4.79 Å².